The average Bonchev–Trinajstić information content (AvgIpc) is 3.04. The first kappa shape index (κ1) is 26.2. The SMILES string of the molecule is CCOc1ccc(NC(=O)C[C@@H]2C(=O)N(c3ccc(OC)c(Cl)c3)C(=S)N2CCNC(C)=O)cc1. The monoisotopic (exact) mass is 518 g/mol. The molecule has 35 heavy (non-hydrogen) atoms. The molecule has 1 saturated heterocycles. The van der Waals surface area contributed by atoms with E-state index in [4.69, 9.17) is 33.3 Å². The molecular formula is C24H27ClN4O5S. The van der Waals surface area contributed by atoms with Gasteiger partial charge in [0.2, 0.25) is 11.8 Å². The lowest BCUT2D eigenvalue weighted by molar-refractivity contribution is -0.124. The summed E-state index contributed by atoms with van der Waals surface area (Å²) in [7, 11) is 1.50. The fraction of sp³-hybridized carbons (Fsp3) is 0.333. The first-order valence-electron chi connectivity index (χ1n) is 11.0. The zero-order chi connectivity index (χ0) is 25.5. The number of thiocarbonyl (C=S) groups is 1. The maximum absolute atomic E-state index is 13.4. The van der Waals surface area contributed by atoms with Crippen LogP contribution in [0.4, 0.5) is 11.4 Å². The van der Waals surface area contributed by atoms with Gasteiger partial charge in [-0.25, -0.2) is 0 Å². The molecule has 0 spiro atoms. The van der Waals surface area contributed by atoms with Crippen molar-refractivity contribution in [1.29, 1.82) is 0 Å². The lowest BCUT2D eigenvalue weighted by Gasteiger charge is -2.24. The predicted octanol–water partition coefficient (Wildman–Crippen LogP) is 3.21. The highest BCUT2D eigenvalue weighted by atomic mass is 35.5. The second kappa shape index (κ2) is 11.9. The van der Waals surface area contributed by atoms with Crippen molar-refractivity contribution >= 4 is 58.0 Å². The van der Waals surface area contributed by atoms with Gasteiger partial charge in [-0.3, -0.25) is 19.3 Å². The number of methoxy groups -OCH3 is 1. The van der Waals surface area contributed by atoms with E-state index in [1.165, 1.54) is 18.9 Å². The van der Waals surface area contributed by atoms with E-state index in [1.807, 2.05) is 6.92 Å². The molecule has 1 fully saturated rings. The van der Waals surface area contributed by atoms with E-state index in [-0.39, 0.29) is 42.3 Å². The molecule has 1 aliphatic rings. The minimum absolute atomic E-state index is 0.132. The number of halogens is 1. The topological polar surface area (TPSA) is 100 Å². The Bertz CT molecular complexity index is 1110. The molecule has 3 amide bonds. The zero-order valence-corrected chi connectivity index (χ0v) is 21.2. The number of anilines is 2. The summed E-state index contributed by atoms with van der Waals surface area (Å²) >= 11 is 11.9. The van der Waals surface area contributed by atoms with Crippen molar-refractivity contribution in [3.05, 3.63) is 47.5 Å². The Morgan fingerprint density at radius 2 is 1.89 bits per heavy atom. The highest BCUT2D eigenvalue weighted by molar-refractivity contribution is 7.80. The maximum atomic E-state index is 13.4. The molecule has 0 aromatic heterocycles. The number of amides is 3. The lowest BCUT2D eigenvalue weighted by Crippen LogP contribution is -2.42. The van der Waals surface area contributed by atoms with Gasteiger partial charge in [0.25, 0.3) is 5.91 Å². The molecule has 2 aromatic rings. The third-order valence-corrected chi connectivity index (χ3v) is 5.98. The van der Waals surface area contributed by atoms with Crippen molar-refractivity contribution in [3.8, 4) is 11.5 Å². The fourth-order valence-corrected chi connectivity index (χ4v) is 4.33. The van der Waals surface area contributed by atoms with Gasteiger partial charge in [-0.2, -0.15) is 0 Å². The molecule has 3 rings (SSSR count). The molecule has 11 heteroatoms. The first-order chi connectivity index (χ1) is 16.7. The highest BCUT2D eigenvalue weighted by Crippen LogP contribution is 2.33. The number of benzene rings is 2. The van der Waals surface area contributed by atoms with Crippen LogP contribution in [0, 0.1) is 0 Å². The van der Waals surface area contributed by atoms with Gasteiger partial charge in [-0.15, -0.1) is 0 Å². The second-order valence-corrected chi connectivity index (χ2v) is 8.45. The summed E-state index contributed by atoms with van der Waals surface area (Å²) in [6, 6.07) is 11.0. The standard InChI is InChI=1S/C24H27ClN4O5S/c1-4-34-18-8-5-16(6-9-18)27-22(31)14-20-23(32)29(17-7-10-21(33-3)19(25)13-17)24(35)28(20)12-11-26-15(2)30/h5-10,13,20H,4,11-12,14H2,1-3H3,(H,26,30)(H,27,31)/t20-/m1/s1. The third-order valence-electron chi connectivity index (χ3n) is 5.27. The predicted molar refractivity (Wildman–Crippen MR) is 138 cm³/mol. The summed E-state index contributed by atoms with van der Waals surface area (Å²) < 4.78 is 10.6. The summed E-state index contributed by atoms with van der Waals surface area (Å²) in [6.07, 6.45) is -0.132. The van der Waals surface area contributed by atoms with E-state index in [0.29, 0.717) is 34.5 Å². The third kappa shape index (κ3) is 6.40. The zero-order valence-electron chi connectivity index (χ0n) is 19.7. The summed E-state index contributed by atoms with van der Waals surface area (Å²) in [5, 5.41) is 6.04. The van der Waals surface area contributed by atoms with E-state index in [2.05, 4.69) is 10.6 Å². The largest absolute Gasteiger partial charge is 0.495 e. The number of nitrogens with zero attached hydrogens (tertiary/aromatic N) is 2. The molecule has 2 N–H and O–H groups in total. The number of rotatable bonds is 10. The Balaban J connectivity index is 1.79. The molecule has 0 radical (unpaired) electrons. The Morgan fingerprint density at radius 1 is 1.17 bits per heavy atom. The Labute approximate surface area is 214 Å². The van der Waals surface area contributed by atoms with Crippen molar-refractivity contribution in [2.75, 3.05) is 37.0 Å². The van der Waals surface area contributed by atoms with Crippen LogP contribution in [0.25, 0.3) is 0 Å². The van der Waals surface area contributed by atoms with Crippen LogP contribution in [0.15, 0.2) is 42.5 Å². The van der Waals surface area contributed by atoms with Crippen LogP contribution in [0.5, 0.6) is 11.5 Å². The average molecular weight is 519 g/mol. The van der Waals surface area contributed by atoms with Crippen molar-refractivity contribution in [3.63, 3.8) is 0 Å². The van der Waals surface area contributed by atoms with Crippen molar-refractivity contribution < 1.29 is 23.9 Å². The number of hydrogen-bond acceptors (Lipinski definition) is 6. The van der Waals surface area contributed by atoms with E-state index in [9.17, 15) is 14.4 Å². The first-order valence-corrected chi connectivity index (χ1v) is 11.8. The Kier molecular flexibility index (Phi) is 8.89. The fourth-order valence-electron chi connectivity index (χ4n) is 3.66. The van der Waals surface area contributed by atoms with Crippen LogP contribution in [0.3, 0.4) is 0 Å². The molecule has 0 saturated carbocycles. The Morgan fingerprint density at radius 3 is 2.49 bits per heavy atom. The number of carbonyl (C=O) groups excluding carboxylic acids is 3. The van der Waals surface area contributed by atoms with Crippen molar-refractivity contribution in [2.24, 2.45) is 0 Å². The van der Waals surface area contributed by atoms with Crippen molar-refractivity contribution in [1.82, 2.24) is 10.2 Å². The van der Waals surface area contributed by atoms with Gasteiger partial charge in [-0.1, -0.05) is 11.6 Å². The lowest BCUT2D eigenvalue weighted by atomic mass is 10.1. The van der Waals surface area contributed by atoms with E-state index in [1.54, 1.807) is 47.4 Å². The summed E-state index contributed by atoms with van der Waals surface area (Å²) in [6.45, 7) is 4.35. The summed E-state index contributed by atoms with van der Waals surface area (Å²) in [5.74, 6) is 0.238. The van der Waals surface area contributed by atoms with Gasteiger partial charge in [0, 0.05) is 25.7 Å². The maximum Gasteiger partial charge on any atom is 0.256 e. The van der Waals surface area contributed by atoms with Gasteiger partial charge in [-0.05, 0) is 61.6 Å². The van der Waals surface area contributed by atoms with Crippen LogP contribution >= 0.6 is 23.8 Å². The van der Waals surface area contributed by atoms with Gasteiger partial charge < -0.3 is 25.0 Å². The molecule has 1 heterocycles. The number of nitrogens with one attached hydrogen (secondary N) is 2. The number of carbonyl (C=O) groups is 3. The smallest absolute Gasteiger partial charge is 0.256 e. The molecule has 186 valence electrons. The minimum atomic E-state index is -0.847. The minimum Gasteiger partial charge on any atom is -0.495 e. The van der Waals surface area contributed by atoms with Crippen LogP contribution in [0.1, 0.15) is 20.3 Å². The van der Waals surface area contributed by atoms with Gasteiger partial charge >= 0.3 is 0 Å². The summed E-state index contributed by atoms with van der Waals surface area (Å²) in [5.41, 5.74) is 1.04. The molecule has 0 aliphatic carbocycles. The van der Waals surface area contributed by atoms with Crippen LogP contribution < -0.4 is 25.0 Å². The molecule has 0 unspecified atom stereocenters. The Hall–Kier alpha value is -3.37. The number of ether oxygens (including phenoxy) is 2. The summed E-state index contributed by atoms with van der Waals surface area (Å²) in [4.78, 5) is 40.6. The van der Waals surface area contributed by atoms with Gasteiger partial charge in [0.05, 0.1) is 30.8 Å². The highest BCUT2D eigenvalue weighted by Gasteiger charge is 2.44. The van der Waals surface area contributed by atoms with Crippen LogP contribution in [-0.4, -0.2) is 60.6 Å². The van der Waals surface area contributed by atoms with E-state index >= 15 is 0 Å². The number of hydrogen-bond donors (Lipinski definition) is 2. The molecule has 1 atom stereocenters. The molecule has 1 aliphatic heterocycles. The van der Waals surface area contributed by atoms with Gasteiger partial charge in [0.1, 0.15) is 17.5 Å². The van der Waals surface area contributed by atoms with Gasteiger partial charge in [0.15, 0.2) is 5.11 Å². The van der Waals surface area contributed by atoms with Crippen LogP contribution in [0.2, 0.25) is 5.02 Å². The molecule has 0 bridgehead atoms. The second-order valence-electron chi connectivity index (χ2n) is 7.68. The van der Waals surface area contributed by atoms with Crippen molar-refractivity contribution in [2.45, 2.75) is 26.3 Å². The van der Waals surface area contributed by atoms with Crippen LogP contribution in [-0.2, 0) is 14.4 Å². The molecule has 9 nitrogen and oxygen atoms in total. The normalized spacial score (nSPS) is 15.3. The quantitative estimate of drug-likeness (QED) is 0.466. The molecular weight excluding hydrogens is 492 g/mol. The molecule has 2 aromatic carbocycles. The van der Waals surface area contributed by atoms with E-state index in [0.717, 1.165) is 0 Å². The van der Waals surface area contributed by atoms with E-state index < -0.39 is 6.04 Å².